The number of allylic oxidation sites excluding steroid dienone is 3. The lowest BCUT2D eigenvalue weighted by Crippen LogP contribution is -2.33. The van der Waals surface area contributed by atoms with Crippen molar-refractivity contribution in [2.75, 3.05) is 18.0 Å². The van der Waals surface area contributed by atoms with Crippen LogP contribution in [0.3, 0.4) is 0 Å². The Morgan fingerprint density at radius 2 is 2.10 bits per heavy atom. The Morgan fingerprint density at radius 1 is 1.19 bits per heavy atom. The second-order valence-corrected chi connectivity index (χ2v) is 8.62. The fourth-order valence-electron chi connectivity index (χ4n) is 4.54. The van der Waals surface area contributed by atoms with Crippen LogP contribution in [0.5, 0.6) is 0 Å². The number of aromatic nitrogens is 4. The number of hydrogen-bond donors (Lipinski definition) is 1. The first kappa shape index (κ1) is 18.3. The zero-order chi connectivity index (χ0) is 20.9. The summed E-state index contributed by atoms with van der Waals surface area (Å²) in [7, 11) is 0. The topological polar surface area (TPSA) is 75.4 Å². The van der Waals surface area contributed by atoms with E-state index < -0.39 is 0 Å². The van der Waals surface area contributed by atoms with Gasteiger partial charge in [-0.1, -0.05) is 6.08 Å². The Kier molecular flexibility index (Phi) is 4.16. The predicted molar refractivity (Wildman–Crippen MR) is 120 cm³/mol. The summed E-state index contributed by atoms with van der Waals surface area (Å²) in [6, 6.07) is 5.64. The molecule has 0 spiro atoms. The normalized spacial score (nSPS) is 18.3. The van der Waals surface area contributed by atoms with Gasteiger partial charge in [0.1, 0.15) is 0 Å². The van der Waals surface area contributed by atoms with Gasteiger partial charge in [0, 0.05) is 61.5 Å². The lowest BCUT2D eigenvalue weighted by molar-refractivity contribution is 0.685. The van der Waals surface area contributed by atoms with E-state index in [0.29, 0.717) is 11.6 Å². The maximum Gasteiger partial charge on any atom is 0.274 e. The Bertz CT molecular complexity index is 1320. The average Bonchev–Trinajstić information content (AvgIpc) is 3.64. The fraction of sp³-hybridized carbons (Fsp3) is 0.333. The van der Waals surface area contributed by atoms with Gasteiger partial charge in [-0.2, -0.15) is 4.52 Å². The second-order valence-electron chi connectivity index (χ2n) is 8.62. The lowest BCUT2D eigenvalue weighted by atomic mass is 9.97. The van der Waals surface area contributed by atoms with Gasteiger partial charge < -0.3 is 10.2 Å². The number of nitrogens with zero attached hydrogens (tertiary/aromatic N) is 5. The van der Waals surface area contributed by atoms with Crippen molar-refractivity contribution < 1.29 is 0 Å². The predicted octanol–water partition coefficient (Wildman–Crippen LogP) is 2.64. The molecule has 0 aromatic carbocycles. The van der Waals surface area contributed by atoms with E-state index in [0.717, 1.165) is 43.1 Å². The number of anilines is 1. The van der Waals surface area contributed by atoms with Crippen LogP contribution in [-0.2, 0) is 13.0 Å². The molecule has 3 aromatic rings. The molecule has 1 saturated carbocycles. The molecule has 6 rings (SSSR count). The highest BCUT2D eigenvalue weighted by Crippen LogP contribution is 2.37. The largest absolute Gasteiger partial charge is 0.385 e. The molecule has 31 heavy (non-hydrogen) atoms. The highest BCUT2D eigenvalue weighted by molar-refractivity contribution is 5.76. The van der Waals surface area contributed by atoms with E-state index in [1.807, 2.05) is 19.2 Å². The van der Waals surface area contributed by atoms with Crippen molar-refractivity contribution in [3.05, 3.63) is 81.2 Å². The first-order valence-corrected chi connectivity index (χ1v) is 10.9. The van der Waals surface area contributed by atoms with Gasteiger partial charge in [0.15, 0.2) is 11.5 Å². The monoisotopic (exact) mass is 412 g/mol. The number of hydrogen-bond acceptors (Lipinski definition) is 6. The smallest absolute Gasteiger partial charge is 0.274 e. The van der Waals surface area contributed by atoms with E-state index in [1.165, 1.54) is 52.0 Å². The van der Waals surface area contributed by atoms with Crippen molar-refractivity contribution in [2.45, 2.75) is 32.7 Å². The minimum atomic E-state index is -0.163. The molecule has 0 bridgehead atoms. The van der Waals surface area contributed by atoms with Gasteiger partial charge in [-0.05, 0) is 60.6 Å². The summed E-state index contributed by atoms with van der Waals surface area (Å²) >= 11 is 0. The molecule has 5 heterocycles. The number of nitrogens with one attached hydrogen (secondary N) is 1. The van der Waals surface area contributed by atoms with E-state index in [4.69, 9.17) is 4.98 Å². The third-order valence-electron chi connectivity index (χ3n) is 6.37. The van der Waals surface area contributed by atoms with Crippen LogP contribution in [0.4, 0.5) is 5.82 Å². The van der Waals surface area contributed by atoms with Crippen LogP contribution in [0.2, 0.25) is 0 Å². The maximum absolute atomic E-state index is 12.2. The van der Waals surface area contributed by atoms with Crippen LogP contribution in [0, 0.1) is 12.8 Å². The molecule has 0 atom stereocenters. The van der Waals surface area contributed by atoms with Crippen LogP contribution < -0.4 is 15.8 Å². The second kappa shape index (κ2) is 7.04. The zero-order valence-electron chi connectivity index (χ0n) is 17.5. The highest BCUT2D eigenvalue weighted by atomic mass is 16.1. The Balaban J connectivity index is 1.33. The number of dihydropyridines is 1. The van der Waals surface area contributed by atoms with E-state index in [9.17, 15) is 4.79 Å². The Labute approximate surface area is 180 Å². The SMILES string of the molecule is Cc1cc2nccc(=O)n2nc1N1CCc2ncc(C3=CCNC(C4CC4)=C3)cc2C1. The van der Waals surface area contributed by atoms with E-state index in [-0.39, 0.29) is 5.56 Å². The van der Waals surface area contributed by atoms with Crippen molar-refractivity contribution in [3.8, 4) is 0 Å². The van der Waals surface area contributed by atoms with Crippen LogP contribution >= 0.6 is 0 Å². The van der Waals surface area contributed by atoms with Gasteiger partial charge in [-0.25, -0.2) is 4.98 Å². The molecular formula is C24H24N6O. The highest BCUT2D eigenvalue weighted by Gasteiger charge is 2.27. The van der Waals surface area contributed by atoms with Crippen molar-refractivity contribution in [2.24, 2.45) is 5.92 Å². The van der Waals surface area contributed by atoms with Crippen LogP contribution in [-0.4, -0.2) is 32.7 Å². The van der Waals surface area contributed by atoms with Gasteiger partial charge in [-0.15, -0.1) is 5.10 Å². The summed E-state index contributed by atoms with van der Waals surface area (Å²) in [4.78, 5) is 23.5. The molecule has 0 amide bonds. The van der Waals surface area contributed by atoms with Crippen LogP contribution in [0.1, 0.15) is 35.2 Å². The fourth-order valence-corrected chi connectivity index (χ4v) is 4.54. The summed E-state index contributed by atoms with van der Waals surface area (Å²) < 4.78 is 1.39. The number of fused-ring (bicyclic) bond motifs is 2. The van der Waals surface area contributed by atoms with Gasteiger partial charge in [0.05, 0.1) is 0 Å². The molecule has 0 radical (unpaired) electrons. The molecule has 156 valence electrons. The van der Waals surface area contributed by atoms with Crippen LogP contribution in [0.15, 0.2) is 53.2 Å². The van der Waals surface area contributed by atoms with Gasteiger partial charge >= 0.3 is 0 Å². The quantitative estimate of drug-likeness (QED) is 0.713. The number of rotatable bonds is 3. The number of pyridine rings is 1. The summed E-state index contributed by atoms with van der Waals surface area (Å²) in [5, 5.41) is 8.15. The average molecular weight is 412 g/mol. The summed E-state index contributed by atoms with van der Waals surface area (Å²) in [6.45, 7) is 4.46. The lowest BCUT2D eigenvalue weighted by Gasteiger charge is -2.30. The molecule has 7 heteroatoms. The third-order valence-corrected chi connectivity index (χ3v) is 6.37. The minimum absolute atomic E-state index is 0.163. The first-order chi connectivity index (χ1) is 15.2. The van der Waals surface area contributed by atoms with Gasteiger partial charge in [0.2, 0.25) is 0 Å². The number of aryl methyl sites for hydroxylation is 1. The molecule has 1 aliphatic carbocycles. The first-order valence-electron chi connectivity index (χ1n) is 10.9. The standard InChI is InChI=1S/C24H24N6O/c1-15-10-22-26-8-5-23(31)30(22)28-24(15)29-9-6-20-19(14-29)11-18(13-27-20)17-4-7-25-21(12-17)16-2-3-16/h4-5,8,10-13,16,25H,2-3,6-7,9,14H2,1H3. The van der Waals surface area contributed by atoms with E-state index in [1.54, 1.807) is 0 Å². The van der Waals surface area contributed by atoms with Crippen LogP contribution in [0.25, 0.3) is 11.2 Å². The molecule has 3 aromatic heterocycles. The molecule has 2 aliphatic heterocycles. The molecule has 0 unspecified atom stereocenters. The van der Waals surface area contributed by atoms with Crippen molar-refractivity contribution in [1.29, 1.82) is 0 Å². The van der Waals surface area contributed by atoms with Gasteiger partial charge in [0.25, 0.3) is 5.56 Å². The molecule has 1 fully saturated rings. The molecule has 1 N–H and O–H groups in total. The summed E-state index contributed by atoms with van der Waals surface area (Å²) in [6.07, 6.45) is 11.5. The maximum atomic E-state index is 12.2. The minimum Gasteiger partial charge on any atom is -0.385 e. The van der Waals surface area contributed by atoms with E-state index >= 15 is 0 Å². The van der Waals surface area contributed by atoms with E-state index in [2.05, 4.69) is 38.5 Å². The van der Waals surface area contributed by atoms with Crippen molar-refractivity contribution in [1.82, 2.24) is 24.9 Å². The third kappa shape index (κ3) is 3.30. The molecule has 7 nitrogen and oxygen atoms in total. The molecular weight excluding hydrogens is 388 g/mol. The molecule has 0 saturated heterocycles. The Hall–Kier alpha value is -3.48. The van der Waals surface area contributed by atoms with Gasteiger partial charge in [-0.3, -0.25) is 9.78 Å². The summed E-state index contributed by atoms with van der Waals surface area (Å²) in [5.74, 6) is 1.54. The van der Waals surface area contributed by atoms with Crippen molar-refractivity contribution in [3.63, 3.8) is 0 Å². The zero-order valence-corrected chi connectivity index (χ0v) is 17.5. The summed E-state index contributed by atoms with van der Waals surface area (Å²) in [5.41, 5.74) is 7.60. The van der Waals surface area contributed by atoms with Crippen molar-refractivity contribution >= 4 is 17.0 Å². The molecule has 3 aliphatic rings. The Morgan fingerprint density at radius 3 is 2.97 bits per heavy atom.